The maximum atomic E-state index is 12.2. The molecule has 0 saturated carbocycles. The first-order chi connectivity index (χ1) is 13.7. The summed E-state index contributed by atoms with van der Waals surface area (Å²) >= 11 is 0. The average molecular weight is 408 g/mol. The van der Waals surface area contributed by atoms with Gasteiger partial charge in [0.2, 0.25) is 11.8 Å². The summed E-state index contributed by atoms with van der Waals surface area (Å²) in [5, 5.41) is 18.6. The molecule has 0 amide bonds. The first kappa shape index (κ1) is 20.3. The standard InChI is InChI=1S/C18H15F3N4O4/c1-24(10-12-2-8-15(9-3-12)29-18(19,20)21)11-16-22-23-17(28-16)13-4-6-14(7-5-13)25(26)27/h2-9H,10-11H2,1H3. The van der Waals surface area contributed by atoms with Gasteiger partial charge in [0.15, 0.2) is 0 Å². The Bertz CT molecular complexity index is 972. The Balaban J connectivity index is 1.58. The highest BCUT2D eigenvalue weighted by atomic mass is 19.4. The van der Waals surface area contributed by atoms with Gasteiger partial charge in [-0.05, 0) is 36.9 Å². The lowest BCUT2D eigenvalue weighted by Crippen LogP contribution is -2.18. The third-order valence-electron chi connectivity index (χ3n) is 3.81. The average Bonchev–Trinajstić information content (AvgIpc) is 3.10. The number of nitrogens with zero attached hydrogens (tertiary/aromatic N) is 4. The maximum absolute atomic E-state index is 12.2. The van der Waals surface area contributed by atoms with Crippen molar-refractivity contribution in [2.45, 2.75) is 19.5 Å². The van der Waals surface area contributed by atoms with E-state index in [1.165, 1.54) is 48.5 Å². The molecular weight excluding hydrogens is 393 g/mol. The van der Waals surface area contributed by atoms with Crippen LogP contribution in [0, 0.1) is 10.1 Å². The van der Waals surface area contributed by atoms with E-state index < -0.39 is 11.3 Å². The third-order valence-corrected chi connectivity index (χ3v) is 3.81. The van der Waals surface area contributed by atoms with Crippen LogP contribution in [0.5, 0.6) is 5.75 Å². The van der Waals surface area contributed by atoms with Crippen molar-refractivity contribution in [2.24, 2.45) is 0 Å². The minimum atomic E-state index is -4.72. The topological polar surface area (TPSA) is 94.5 Å². The fourth-order valence-corrected chi connectivity index (χ4v) is 2.55. The molecule has 1 aromatic heterocycles. The molecule has 11 heteroatoms. The number of nitro benzene ring substituents is 1. The van der Waals surface area contributed by atoms with Crippen LogP contribution in [-0.4, -0.2) is 33.4 Å². The number of hydrogen-bond donors (Lipinski definition) is 0. The van der Waals surface area contributed by atoms with Crippen molar-refractivity contribution in [1.29, 1.82) is 0 Å². The van der Waals surface area contributed by atoms with Crippen molar-refractivity contribution >= 4 is 5.69 Å². The summed E-state index contributed by atoms with van der Waals surface area (Å²) in [7, 11) is 1.79. The van der Waals surface area contributed by atoms with E-state index in [0.717, 1.165) is 5.56 Å². The lowest BCUT2D eigenvalue weighted by atomic mass is 10.2. The minimum Gasteiger partial charge on any atom is -0.419 e. The predicted molar refractivity (Wildman–Crippen MR) is 94.7 cm³/mol. The Kier molecular flexibility index (Phi) is 5.78. The van der Waals surface area contributed by atoms with E-state index in [4.69, 9.17) is 4.42 Å². The van der Waals surface area contributed by atoms with Crippen molar-refractivity contribution in [3.05, 3.63) is 70.1 Å². The molecule has 29 heavy (non-hydrogen) atoms. The molecule has 0 saturated heterocycles. The number of hydrogen-bond acceptors (Lipinski definition) is 7. The third kappa shape index (κ3) is 5.75. The highest BCUT2D eigenvalue weighted by molar-refractivity contribution is 5.55. The molecular formula is C18H15F3N4O4. The zero-order chi connectivity index (χ0) is 21.0. The van der Waals surface area contributed by atoms with Gasteiger partial charge in [-0.1, -0.05) is 12.1 Å². The van der Waals surface area contributed by atoms with Gasteiger partial charge in [-0.3, -0.25) is 15.0 Å². The smallest absolute Gasteiger partial charge is 0.419 e. The molecule has 0 aliphatic carbocycles. The fraction of sp³-hybridized carbons (Fsp3) is 0.222. The lowest BCUT2D eigenvalue weighted by Gasteiger charge is -2.15. The fourth-order valence-electron chi connectivity index (χ4n) is 2.55. The Morgan fingerprint density at radius 2 is 1.72 bits per heavy atom. The highest BCUT2D eigenvalue weighted by Gasteiger charge is 2.30. The molecule has 1 heterocycles. The van der Waals surface area contributed by atoms with E-state index >= 15 is 0 Å². The molecule has 0 fully saturated rings. The van der Waals surface area contributed by atoms with Crippen LogP contribution in [0.2, 0.25) is 0 Å². The molecule has 0 aliphatic heterocycles. The zero-order valence-corrected chi connectivity index (χ0v) is 15.1. The maximum Gasteiger partial charge on any atom is 0.573 e. The molecule has 0 spiro atoms. The molecule has 0 atom stereocenters. The summed E-state index contributed by atoms with van der Waals surface area (Å²) in [6, 6.07) is 11.3. The van der Waals surface area contributed by atoms with Gasteiger partial charge in [0.1, 0.15) is 5.75 Å². The number of benzene rings is 2. The van der Waals surface area contributed by atoms with Gasteiger partial charge in [0, 0.05) is 24.2 Å². The second-order valence-electron chi connectivity index (χ2n) is 6.17. The van der Waals surface area contributed by atoms with Gasteiger partial charge in [0.25, 0.3) is 5.69 Å². The molecule has 0 N–H and O–H groups in total. The molecule has 3 rings (SSSR count). The number of non-ortho nitro benzene ring substituents is 1. The van der Waals surface area contributed by atoms with Crippen molar-refractivity contribution in [1.82, 2.24) is 15.1 Å². The number of aromatic nitrogens is 2. The molecule has 8 nitrogen and oxygen atoms in total. The largest absolute Gasteiger partial charge is 0.573 e. The van der Waals surface area contributed by atoms with Crippen LogP contribution in [0.15, 0.2) is 52.9 Å². The lowest BCUT2D eigenvalue weighted by molar-refractivity contribution is -0.384. The van der Waals surface area contributed by atoms with Crippen molar-refractivity contribution in [2.75, 3.05) is 7.05 Å². The summed E-state index contributed by atoms with van der Waals surface area (Å²) in [6.45, 7) is 0.738. The van der Waals surface area contributed by atoms with Gasteiger partial charge in [-0.25, -0.2) is 0 Å². The van der Waals surface area contributed by atoms with Gasteiger partial charge in [-0.15, -0.1) is 23.4 Å². The van der Waals surface area contributed by atoms with Crippen LogP contribution >= 0.6 is 0 Å². The zero-order valence-electron chi connectivity index (χ0n) is 15.1. The molecule has 152 valence electrons. The number of halogens is 3. The summed E-state index contributed by atoms with van der Waals surface area (Å²) in [5.74, 6) is 0.281. The van der Waals surface area contributed by atoms with Gasteiger partial charge >= 0.3 is 6.36 Å². The number of ether oxygens (including phenoxy) is 1. The Hall–Kier alpha value is -3.47. The monoisotopic (exact) mass is 408 g/mol. The SMILES string of the molecule is CN(Cc1ccc(OC(F)(F)F)cc1)Cc1nnc(-c2ccc([N+](=O)[O-])cc2)o1. The van der Waals surface area contributed by atoms with Crippen LogP contribution in [0.3, 0.4) is 0 Å². The van der Waals surface area contributed by atoms with Crippen LogP contribution in [0.4, 0.5) is 18.9 Å². The highest BCUT2D eigenvalue weighted by Crippen LogP contribution is 2.24. The number of alkyl halides is 3. The first-order valence-corrected chi connectivity index (χ1v) is 8.30. The molecule has 3 aromatic rings. The quantitative estimate of drug-likeness (QED) is 0.428. The van der Waals surface area contributed by atoms with Crippen molar-refractivity contribution in [3.8, 4) is 17.2 Å². The Labute approximate surface area is 162 Å². The Morgan fingerprint density at radius 1 is 1.07 bits per heavy atom. The van der Waals surface area contributed by atoms with Crippen LogP contribution in [0.1, 0.15) is 11.5 Å². The normalized spacial score (nSPS) is 11.6. The second-order valence-corrected chi connectivity index (χ2v) is 6.17. The Morgan fingerprint density at radius 3 is 2.31 bits per heavy atom. The van der Waals surface area contributed by atoms with Gasteiger partial charge in [-0.2, -0.15) is 0 Å². The summed E-state index contributed by atoms with van der Waals surface area (Å²) < 4.78 is 46.0. The van der Waals surface area contributed by atoms with Crippen LogP contribution in [0.25, 0.3) is 11.5 Å². The van der Waals surface area contributed by atoms with Gasteiger partial charge < -0.3 is 9.15 Å². The molecule has 0 bridgehead atoms. The van der Waals surface area contributed by atoms with E-state index in [9.17, 15) is 23.3 Å². The minimum absolute atomic E-state index is 0.0418. The first-order valence-electron chi connectivity index (χ1n) is 8.30. The predicted octanol–water partition coefficient (Wildman–Crippen LogP) is 4.18. The van der Waals surface area contributed by atoms with E-state index in [2.05, 4.69) is 14.9 Å². The van der Waals surface area contributed by atoms with E-state index in [-0.39, 0.29) is 17.3 Å². The van der Waals surface area contributed by atoms with Crippen molar-refractivity contribution < 1.29 is 27.2 Å². The number of nitro groups is 1. The summed E-state index contributed by atoms with van der Waals surface area (Å²) in [6.07, 6.45) is -4.72. The van der Waals surface area contributed by atoms with E-state index in [1.54, 1.807) is 7.05 Å². The summed E-state index contributed by atoms with van der Waals surface area (Å²) in [4.78, 5) is 12.0. The van der Waals surface area contributed by atoms with Gasteiger partial charge in [0.05, 0.1) is 11.5 Å². The molecule has 2 aromatic carbocycles. The molecule has 0 radical (unpaired) electrons. The summed E-state index contributed by atoms with van der Waals surface area (Å²) in [5.41, 5.74) is 1.29. The molecule has 0 unspecified atom stereocenters. The van der Waals surface area contributed by atoms with Crippen LogP contribution in [-0.2, 0) is 13.1 Å². The van der Waals surface area contributed by atoms with Crippen molar-refractivity contribution in [3.63, 3.8) is 0 Å². The van der Waals surface area contributed by atoms with E-state index in [0.29, 0.717) is 24.5 Å². The second kappa shape index (κ2) is 8.27. The molecule has 0 aliphatic rings. The van der Waals surface area contributed by atoms with Crippen LogP contribution < -0.4 is 4.74 Å². The van der Waals surface area contributed by atoms with E-state index in [1.807, 2.05) is 4.90 Å². The number of rotatable bonds is 7.